The fraction of sp³-hybridized carbons (Fsp3) is 0.500. The third-order valence-electron chi connectivity index (χ3n) is 2.67. The fourth-order valence-corrected chi connectivity index (χ4v) is 2.18. The summed E-state index contributed by atoms with van der Waals surface area (Å²) in [5.41, 5.74) is 0.491. The Morgan fingerprint density at radius 2 is 1.95 bits per heavy atom. The standard InChI is InChI=1S/C14H20ClNO3/c1-9(2)8-16(3)14(17)10-6-11(15)13(19-5)12(7-10)18-4/h6-7,9H,8H2,1-5H3. The van der Waals surface area contributed by atoms with Crippen LogP contribution in [-0.4, -0.2) is 38.6 Å². The molecule has 19 heavy (non-hydrogen) atoms. The summed E-state index contributed by atoms with van der Waals surface area (Å²) < 4.78 is 10.3. The molecule has 0 aromatic heterocycles. The van der Waals surface area contributed by atoms with Gasteiger partial charge in [-0.1, -0.05) is 25.4 Å². The first-order valence-electron chi connectivity index (χ1n) is 6.07. The van der Waals surface area contributed by atoms with Gasteiger partial charge in [0, 0.05) is 19.2 Å². The highest BCUT2D eigenvalue weighted by molar-refractivity contribution is 6.32. The van der Waals surface area contributed by atoms with Crippen LogP contribution in [-0.2, 0) is 0 Å². The van der Waals surface area contributed by atoms with E-state index in [1.807, 2.05) is 0 Å². The van der Waals surface area contributed by atoms with Crippen LogP contribution in [0.3, 0.4) is 0 Å². The smallest absolute Gasteiger partial charge is 0.253 e. The first-order chi connectivity index (χ1) is 8.90. The maximum absolute atomic E-state index is 12.3. The summed E-state index contributed by atoms with van der Waals surface area (Å²) in [6, 6.07) is 3.24. The summed E-state index contributed by atoms with van der Waals surface area (Å²) in [5, 5.41) is 0.364. The van der Waals surface area contributed by atoms with Gasteiger partial charge in [-0.3, -0.25) is 4.79 Å². The molecule has 0 fully saturated rings. The number of benzene rings is 1. The van der Waals surface area contributed by atoms with Gasteiger partial charge in [0.05, 0.1) is 19.2 Å². The molecule has 0 saturated carbocycles. The third-order valence-corrected chi connectivity index (χ3v) is 2.95. The van der Waals surface area contributed by atoms with Crippen molar-refractivity contribution in [3.05, 3.63) is 22.7 Å². The summed E-state index contributed by atoms with van der Waals surface area (Å²) in [6.45, 7) is 4.81. The number of carbonyl (C=O) groups excluding carboxylic acids is 1. The van der Waals surface area contributed by atoms with Gasteiger partial charge in [0.2, 0.25) is 0 Å². The van der Waals surface area contributed by atoms with E-state index in [9.17, 15) is 4.79 Å². The van der Waals surface area contributed by atoms with Crippen LogP contribution in [0.5, 0.6) is 11.5 Å². The van der Waals surface area contributed by atoms with E-state index >= 15 is 0 Å². The van der Waals surface area contributed by atoms with E-state index in [-0.39, 0.29) is 5.91 Å². The van der Waals surface area contributed by atoms with Crippen LogP contribution in [0.2, 0.25) is 5.02 Å². The summed E-state index contributed by atoms with van der Waals surface area (Å²) >= 11 is 6.09. The number of methoxy groups -OCH3 is 2. The first kappa shape index (κ1) is 15.6. The number of hydrogen-bond donors (Lipinski definition) is 0. The molecule has 1 aromatic rings. The van der Waals surface area contributed by atoms with Gasteiger partial charge in [0.1, 0.15) is 0 Å². The molecule has 5 heteroatoms. The van der Waals surface area contributed by atoms with Crippen molar-refractivity contribution in [2.45, 2.75) is 13.8 Å². The third kappa shape index (κ3) is 3.77. The van der Waals surface area contributed by atoms with Crippen LogP contribution in [0, 0.1) is 5.92 Å². The number of ether oxygens (including phenoxy) is 2. The quantitative estimate of drug-likeness (QED) is 0.834. The highest BCUT2D eigenvalue weighted by Gasteiger charge is 2.18. The minimum atomic E-state index is -0.0865. The van der Waals surface area contributed by atoms with Crippen LogP contribution >= 0.6 is 11.6 Å². The van der Waals surface area contributed by atoms with E-state index < -0.39 is 0 Å². The van der Waals surface area contributed by atoms with E-state index in [4.69, 9.17) is 21.1 Å². The lowest BCUT2D eigenvalue weighted by Crippen LogP contribution is -2.30. The van der Waals surface area contributed by atoms with E-state index in [0.29, 0.717) is 34.5 Å². The van der Waals surface area contributed by atoms with Crippen molar-refractivity contribution in [2.75, 3.05) is 27.8 Å². The summed E-state index contributed by atoms with van der Waals surface area (Å²) in [5.74, 6) is 1.21. The lowest BCUT2D eigenvalue weighted by atomic mass is 10.1. The second kappa shape index (κ2) is 6.66. The van der Waals surface area contributed by atoms with Crippen LogP contribution in [0.4, 0.5) is 0 Å². The first-order valence-corrected chi connectivity index (χ1v) is 6.45. The summed E-state index contributed by atoms with van der Waals surface area (Å²) in [6.07, 6.45) is 0. The number of amides is 1. The maximum atomic E-state index is 12.3. The number of nitrogens with zero attached hydrogens (tertiary/aromatic N) is 1. The molecule has 0 saturated heterocycles. The van der Waals surface area contributed by atoms with Crippen molar-refractivity contribution in [3.63, 3.8) is 0 Å². The van der Waals surface area contributed by atoms with Crippen molar-refractivity contribution in [3.8, 4) is 11.5 Å². The van der Waals surface area contributed by atoms with E-state index in [0.717, 1.165) is 0 Å². The molecule has 1 amide bonds. The minimum Gasteiger partial charge on any atom is -0.493 e. The molecule has 106 valence electrons. The minimum absolute atomic E-state index is 0.0865. The maximum Gasteiger partial charge on any atom is 0.253 e. The molecule has 0 unspecified atom stereocenters. The SMILES string of the molecule is COc1cc(C(=O)N(C)CC(C)C)cc(Cl)c1OC. The van der Waals surface area contributed by atoms with Gasteiger partial charge in [0.15, 0.2) is 11.5 Å². The molecule has 1 rings (SSSR count). The highest BCUT2D eigenvalue weighted by Crippen LogP contribution is 2.36. The van der Waals surface area contributed by atoms with Crippen LogP contribution < -0.4 is 9.47 Å². The van der Waals surface area contributed by atoms with E-state index in [2.05, 4.69) is 13.8 Å². The molecular formula is C14H20ClNO3. The van der Waals surface area contributed by atoms with Crippen LogP contribution in [0.15, 0.2) is 12.1 Å². The highest BCUT2D eigenvalue weighted by atomic mass is 35.5. The Labute approximate surface area is 119 Å². The normalized spacial score (nSPS) is 10.5. The number of rotatable bonds is 5. The molecule has 0 aliphatic heterocycles. The van der Waals surface area contributed by atoms with Crippen molar-refractivity contribution in [2.24, 2.45) is 5.92 Å². The Balaban J connectivity index is 3.08. The topological polar surface area (TPSA) is 38.8 Å². The molecule has 0 bridgehead atoms. The molecule has 0 heterocycles. The Morgan fingerprint density at radius 3 is 2.42 bits per heavy atom. The lowest BCUT2D eigenvalue weighted by molar-refractivity contribution is 0.0778. The van der Waals surface area contributed by atoms with Gasteiger partial charge in [-0.25, -0.2) is 0 Å². The number of hydrogen-bond acceptors (Lipinski definition) is 3. The zero-order chi connectivity index (χ0) is 14.6. The monoisotopic (exact) mass is 285 g/mol. The average Bonchev–Trinajstić information content (AvgIpc) is 2.35. The van der Waals surface area contributed by atoms with Gasteiger partial charge in [0.25, 0.3) is 5.91 Å². The van der Waals surface area contributed by atoms with Crippen molar-refractivity contribution >= 4 is 17.5 Å². The largest absolute Gasteiger partial charge is 0.493 e. The molecule has 1 aromatic carbocycles. The Morgan fingerprint density at radius 1 is 1.32 bits per heavy atom. The Hall–Kier alpha value is -1.42. The zero-order valence-electron chi connectivity index (χ0n) is 12.0. The number of halogens is 1. The molecule has 0 spiro atoms. The summed E-state index contributed by atoms with van der Waals surface area (Å²) in [7, 11) is 4.79. The molecule has 4 nitrogen and oxygen atoms in total. The van der Waals surface area contributed by atoms with Crippen molar-refractivity contribution in [1.29, 1.82) is 0 Å². The molecule has 0 aliphatic carbocycles. The van der Waals surface area contributed by atoms with Crippen molar-refractivity contribution in [1.82, 2.24) is 4.90 Å². The molecule has 0 radical (unpaired) electrons. The fourth-order valence-electron chi connectivity index (χ4n) is 1.89. The number of carbonyl (C=O) groups is 1. The van der Waals surface area contributed by atoms with Crippen LogP contribution in [0.1, 0.15) is 24.2 Å². The zero-order valence-corrected chi connectivity index (χ0v) is 12.7. The van der Waals surface area contributed by atoms with Crippen molar-refractivity contribution < 1.29 is 14.3 Å². The van der Waals surface area contributed by atoms with Gasteiger partial charge < -0.3 is 14.4 Å². The second-order valence-electron chi connectivity index (χ2n) is 4.77. The van der Waals surface area contributed by atoms with Gasteiger partial charge in [-0.2, -0.15) is 0 Å². The van der Waals surface area contributed by atoms with Gasteiger partial charge in [-0.05, 0) is 18.1 Å². The van der Waals surface area contributed by atoms with Crippen LogP contribution in [0.25, 0.3) is 0 Å². The predicted molar refractivity (Wildman–Crippen MR) is 76.4 cm³/mol. The molecule has 0 N–H and O–H groups in total. The van der Waals surface area contributed by atoms with Gasteiger partial charge >= 0.3 is 0 Å². The Kier molecular flexibility index (Phi) is 5.48. The predicted octanol–water partition coefficient (Wildman–Crippen LogP) is 3.09. The Bertz CT molecular complexity index is 460. The molecule has 0 aliphatic rings. The van der Waals surface area contributed by atoms with E-state index in [1.165, 1.54) is 14.2 Å². The molecule has 0 atom stereocenters. The molecular weight excluding hydrogens is 266 g/mol. The average molecular weight is 286 g/mol. The summed E-state index contributed by atoms with van der Waals surface area (Å²) in [4.78, 5) is 13.9. The van der Waals surface area contributed by atoms with Gasteiger partial charge in [-0.15, -0.1) is 0 Å². The van der Waals surface area contributed by atoms with E-state index in [1.54, 1.807) is 24.1 Å². The second-order valence-corrected chi connectivity index (χ2v) is 5.18. The lowest BCUT2D eigenvalue weighted by Gasteiger charge is -2.20.